The van der Waals surface area contributed by atoms with Crippen LogP contribution in [0.15, 0.2) is 40.4 Å². The van der Waals surface area contributed by atoms with Crippen molar-refractivity contribution in [3.05, 3.63) is 47.3 Å². The number of hydrogen-bond acceptors (Lipinski definition) is 6. The average molecular weight is 525 g/mol. The average Bonchev–Trinajstić information content (AvgIpc) is 3.03. The second kappa shape index (κ2) is 9.42. The van der Waals surface area contributed by atoms with Gasteiger partial charge in [0.2, 0.25) is 0 Å². The molecule has 1 fully saturated rings. The summed E-state index contributed by atoms with van der Waals surface area (Å²) >= 11 is 3.70. The molecule has 1 aliphatic carbocycles. The van der Waals surface area contributed by atoms with Gasteiger partial charge < -0.3 is 10.1 Å². The van der Waals surface area contributed by atoms with Gasteiger partial charge in [0.15, 0.2) is 5.16 Å². The number of ether oxygens (including phenoxy) is 1. The van der Waals surface area contributed by atoms with Gasteiger partial charge >= 0.3 is 5.97 Å². The van der Waals surface area contributed by atoms with Crippen LogP contribution in [-0.2, 0) is 9.53 Å². The molecule has 2 aromatic rings. The van der Waals surface area contributed by atoms with Crippen molar-refractivity contribution in [1.29, 1.82) is 0 Å². The number of aryl methyl sites for hydroxylation is 2. The molecule has 29 heavy (non-hydrogen) atoms. The number of halogens is 1. The Morgan fingerprint density at radius 1 is 1.24 bits per heavy atom. The third-order valence-corrected chi connectivity index (χ3v) is 7.39. The van der Waals surface area contributed by atoms with Gasteiger partial charge in [-0.2, -0.15) is 0 Å². The van der Waals surface area contributed by atoms with Crippen LogP contribution in [0.5, 0.6) is 0 Å². The molecule has 0 bridgehead atoms. The molecule has 1 aliphatic rings. The van der Waals surface area contributed by atoms with Crippen molar-refractivity contribution in [1.82, 2.24) is 15.3 Å². The van der Waals surface area contributed by atoms with Crippen molar-refractivity contribution in [3.8, 4) is 0 Å². The Morgan fingerprint density at radius 3 is 2.45 bits per heavy atom. The largest absolute Gasteiger partial charge is 0.464 e. The second-order valence-corrected chi connectivity index (χ2v) is 9.61. The summed E-state index contributed by atoms with van der Waals surface area (Å²) < 4.78 is 5.28. The minimum Gasteiger partial charge on any atom is -0.464 e. The van der Waals surface area contributed by atoms with Gasteiger partial charge in [-0.05, 0) is 82.1 Å². The molecule has 0 saturated heterocycles. The van der Waals surface area contributed by atoms with Gasteiger partial charge in [-0.1, -0.05) is 22.6 Å². The molecule has 0 radical (unpaired) electrons. The van der Waals surface area contributed by atoms with E-state index in [0.717, 1.165) is 29.1 Å². The zero-order valence-corrected chi connectivity index (χ0v) is 19.7. The highest BCUT2D eigenvalue weighted by atomic mass is 127. The Kier molecular flexibility index (Phi) is 7.15. The van der Waals surface area contributed by atoms with Crippen LogP contribution < -0.4 is 5.32 Å². The number of carbonyl (C=O) groups excluding carboxylic acids is 2. The van der Waals surface area contributed by atoms with Gasteiger partial charge in [0.05, 0.1) is 6.61 Å². The molecular weight excluding hydrogens is 501 g/mol. The van der Waals surface area contributed by atoms with Crippen molar-refractivity contribution in [3.63, 3.8) is 0 Å². The Morgan fingerprint density at radius 2 is 1.90 bits per heavy atom. The molecule has 0 aliphatic heterocycles. The number of benzene rings is 1. The van der Waals surface area contributed by atoms with Crippen LogP contribution in [0.4, 0.5) is 0 Å². The SMILES string of the molecule is CCOC(=O)C1(NC(=O)c2ccc(Sc3nc(C)cc(C)n3)cc2)CCCC1I. The third kappa shape index (κ3) is 5.09. The molecule has 8 heteroatoms. The fourth-order valence-corrected chi connectivity index (χ4v) is 5.46. The maximum absolute atomic E-state index is 12.9. The number of carbonyl (C=O) groups is 2. The molecule has 3 rings (SSSR count). The summed E-state index contributed by atoms with van der Waals surface area (Å²) in [4.78, 5) is 35.3. The number of aromatic nitrogens is 2. The standard InChI is InChI=1S/C21H24IN3O3S/c1-4-28-19(27)21(11-5-6-17(21)22)25-18(26)15-7-9-16(10-8-15)29-20-23-13(2)12-14(3)24-20/h7-10,12,17H,4-6,11H2,1-3H3,(H,25,26). The van der Waals surface area contributed by atoms with Crippen molar-refractivity contribution < 1.29 is 14.3 Å². The highest BCUT2D eigenvalue weighted by Gasteiger charge is 2.50. The van der Waals surface area contributed by atoms with E-state index >= 15 is 0 Å². The first kappa shape index (κ1) is 22.0. The topological polar surface area (TPSA) is 81.2 Å². The molecule has 1 amide bonds. The predicted octanol–water partition coefficient (Wildman–Crippen LogP) is 4.26. The number of nitrogens with one attached hydrogen (secondary N) is 1. The lowest BCUT2D eigenvalue weighted by Crippen LogP contribution is -2.58. The lowest BCUT2D eigenvalue weighted by Gasteiger charge is -2.31. The first-order valence-corrected chi connectivity index (χ1v) is 11.6. The summed E-state index contributed by atoms with van der Waals surface area (Å²) in [6.07, 6.45) is 2.37. The molecule has 1 N–H and O–H groups in total. The van der Waals surface area contributed by atoms with Crippen molar-refractivity contribution >= 4 is 46.2 Å². The highest BCUT2D eigenvalue weighted by molar-refractivity contribution is 14.1. The van der Waals surface area contributed by atoms with Gasteiger partial charge in [0, 0.05) is 25.8 Å². The third-order valence-electron chi connectivity index (χ3n) is 4.83. The summed E-state index contributed by atoms with van der Waals surface area (Å²) in [5, 5.41) is 3.65. The van der Waals surface area contributed by atoms with Crippen molar-refractivity contribution in [2.45, 2.75) is 59.5 Å². The predicted molar refractivity (Wildman–Crippen MR) is 121 cm³/mol. The van der Waals surface area contributed by atoms with Crippen LogP contribution in [-0.4, -0.2) is 37.9 Å². The van der Waals surface area contributed by atoms with Crippen LogP contribution in [0.3, 0.4) is 0 Å². The molecule has 1 heterocycles. The van der Waals surface area contributed by atoms with E-state index in [4.69, 9.17) is 4.74 Å². The molecular formula is C21H24IN3O3S. The van der Waals surface area contributed by atoms with E-state index < -0.39 is 5.54 Å². The van der Waals surface area contributed by atoms with Gasteiger partial charge in [0.25, 0.3) is 5.91 Å². The summed E-state index contributed by atoms with van der Waals surface area (Å²) in [7, 11) is 0. The zero-order chi connectivity index (χ0) is 21.0. The summed E-state index contributed by atoms with van der Waals surface area (Å²) in [6.45, 7) is 5.95. The molecule has 2 atom stereocenters. The minimum absolute atomic E-state index is 0.0136. The number of amides is 1. The molecule has 2 unspecified atom stereocenters. The van der Waals surface area contributed by atoms with Gasteiger partial charge in [-0.3, -0.25) is 4.79 Å². The molecule has 1 aromatic carbocycles. The lowest BCUT2D eigenvalue weighted by molar-refractivity contribution is -0.150. The number of alkyl halides is 1. The Balaban J connectivity index is 1.73. The van der Waals surface area contributed by atoms with Crippen LogP contribution in [0.1, 0.15) is 47.9 Å². The fraction of sp³-hybridized carbons (Fsp3) is 0.429. The fourth-order valence-electron chi connectivity index (χ4n) is 3.44. The Hall–Kier alpha value is -1.68. The minimum atomic E-state index is -0.950. The van der Waals surface area contributed by atoms with Gasteiger partial charge in [0.1, 0.15) is 5.54 Å². The van der Waals surface area contributed by atoms with Crippen LogP contribution in [0.2, 0.25) is 0 Å². The van der Waals surface area contributed by atoms with Crippen molar-refractivity contribution in [2.24, 2.45) is 0 Å². The maximum Gasteiger partial charge on any atom is 0.332 e. The van der Waals surface area contributed by atoms with Crippen LogP contribution in [0.25, 0.3) is 0 Å². The van der Waals surface area contributed by atoms with E-state index in [1.165, 1.54) is 11.8 Å². The van der Waals surface area contributed by atoms with E-state index in [1.807, 2.05) is 32.0 Å². The van der Waals surface area contributed by atoms with Gasteiger partial charge in [-0.15, -0.1) is 0 Å². The first-order chi connectivity index (χ1) is 13.8. The lowest BCUT2D eigenvalue weighted by atomic mass is 9.97. The number of hydrogen-bond donors (Lipinski definition) is 1. The Bertz CT molecular complexity index is 886. The quantitative estimate of drug-likeness (QED) is 0.263. The highest BCUT2D eigenvalue weighted by Crippen LogP contribution is 2.37. The molecule has 1 saturated carbocycles. The molecule has 1 aromatic heterocycles. The number of rotatable bonds is 6. The molecule has 154 valence electrons. The number of esters is 1. The number of nitrogens with zero attached hydrogens (tertiary/aromatic N) is 2. The van der Waals surface area contributed by atoms with E-state index in [1.54, 1.807) is 19.1 Å². The first-order valence-electron chi connectivity index (χ1n) is 9.58. The monoisotopic (exact) mass is 525 g/mol. The van der Waals surface area contributed by atoms with Crippen molar-refractivity contribution in [2.75, 3.05) is 6.61 Å². The zero-order valence-electron chi connectivity index (χ0n) is 16.7. The van der Waals surface area contributed by atoms with Crippen LogP contribution in [0, 0.1) is 13.8 Å². The summed E-state index contributed by atoms with van der Waals surface area (Å²) in [5.41, 5.74) is 1.40. The molecule has 0 spiro atoms. The van der Waals surface area contributed by atoms with E-state index in [0.29, 0.717) is 23.7 Å². The van der Waals surface area contributed by atoms with Crippen LogP contribution >= 0.6 is 34.4 Å². The molecule has 6 nitrogen and oxygen atoms in total. The van der Waals surface area contributed by atoms with E-state index in [-0.39, 0.29) is 15.8 Å². The van der Waals surface area contributed by atoms with E-state index in [9.17, 15) is 9.59 Å². The second-order valence-electron chi connectivity index (χ2n) is 7.07. The Labute approximate surface area is 188 Å². The summed E-state index contributed by atoms with van der Waals surface area (Å²) in [6, 6.07) is 9.19. The smallest absolute Gasteiger partial charge is 0.332 e. The maximum atomic E-state index is 12.9. The van der Waals surface area contributed by atoms with E-state index in [2.05, 4.69) is 37.9 Å². The van der Waals surface area contributed by atoms with Gasteiger partial charge in [-0.25, -0.2) is 14.8 Å². The summed E-state index contributed by atoms with van der Waals surface area (Å²) in [5.74, 6) is -0.606. The normalized spacial score (nSPS) is 21.0.